The topological polar surface area (TPSA) is 106 Å². The highest BCUT2D eigenvalue weighted by atomic mass is 32.1. The van der Waals surface area contributed by atoms with Crippen molar-refractivity contribution in [2.24, 2.45) is 5.73 Å². The molecule has 1 fully saturated rings. The third-order valence-electron chi connectivity index (χ3n) is 5.40. The van der Waals surface area contributed by atoms with Crippen LogP contribution in [0.5, 0.6) is 0 Å². The molecule has 1 saturated heterocycles. The lowest BCUT2D eigenvalue weighted by molar-refractivity contribution is -0.0317. The van der Waals surface area contributed by atoms with E-state index in [1.165, 1.54) is 17.6 Å². The van der Waals surface area contributed by atoms with Gasteiger partial charge in [0.2, 0.25) is 0 Å². The number of thiazole rings is 1. The average molecular weight is 466 g/mol. The Morgan fingerprint density at radius 2 is 2.09 bits per heavy atom. The number of rotatable bonds is 5. The van der Waals surface area contributed by atoms with E-state index in [4.69, 9.17) is 10.5 Å². The lowest BCUT2D eigenvalue weighted by Crippen LogP contribution is -2.38. The van der Waals surface area contributed by atoms with Crippen molar-refractivity contribution in [1.29, 1.82) is 0 Å². The number of aromatic amines is 1. The molecule has 0 radical (unpaired) electrons. The van der Waals surface area contributed by atoms with E-state index in [0.29, 0.717) is 30.6 Å². The Balaban J connectivity index is 1.46. The van der Waals surface area contributed by atoms with E-state index in [-0.39, 0.29) is 22.4 Å². The normalized spacial score (nSPS) is 23.7. The maximum absolute atomic E-state index is 14.1. The molecule has 7 nitrogen and oxygen atoms in total. The number of ether oxygens (including phenoxy) is 1. The predicted octanol–water partition coefficient (Wildman–Crippen LogP) is 3.84. The van der Waals surface area contributed by atoms with Gasteiger partial charge in [-0.1, -0.05) is 6.07 Å². The van der Waals surface area contributed by atoms with Gasteiger partial charge in [-0.05, 0) is 31.9 Å². The zero-order valence-electron chi connectivity index (χ0n) is 17.1. The Bertz CT molecular complexity index is 1080. The minimum Gasteiger partial charge on any atom is -0.372 e. The van der Waals surface area contributed by atoms with Crippen molar-refractivity contribution in [1.82, 2.24) is 15.2 Å². The van der Waals surface area contributed by atoms with Crippen LogP contribution in [0.3, 0.4) is 0 Å². The van der Waals surface area contributed by atoms with Crippen LogP contribution in [0, 0.1) is 11.6 Å². The standard InChI is InChI=1S/C21H22F3N5O2S/c1-10-19(24)14(25)6-5-11(31-10)7-15-16(8-26-29-15)27-20(30)17-9-32-21(28-17)18-12(22)3-2-4-13(18)23/h2-4,8-11,14,19H,5-7,25H2,1H3,(H,26,29)(H,27,30)/t10-,11-,14+,19+/m0/s1. The second-order valence-electron chi connectivity index (χ2n) is 7.70. The van der Waals surface area contributed by atoms with Gasteiger partial charge in [0.1, 0.15) is 28.5 Å². The van der Waals surface area contributed by atoms with Crippen molar-refractivity contribution in [2.45, 2.75) is 50.6 Å². The molecule has 170 valence electrons. The third kappa shape index (κ3) is 4.69. The first-order valence-electron chi connectivity index (χ1n) is 10.1. The van der Waals surface area contributed by atoms with Crippen LogP contribution in [0.15, 0.2) is 29.8 Å². The molecule has 0 aliphatic carbocycles. The highest BCUT2D eigenvalue weighted by Gasteiger charge is 2.32. The number of carbonyl (C=O) groups excluding carboxylic acids is 1. The van der Waals surface area contributed by atoms with E-state index in [2.05, 4.69) is 20.5 Å². The minimum atomic E-state index is -1.24. The van der Waals surface area contributed by atoms with Crippen LogP contribution < -0.4 is 11.1 Å². The zero-order valence-corrected chi connectivity index (χ0v) is 18.0. The van der Waals surface area contributed by atoms with Gasteiger partial charge in [-0.25, -0.2) is 18.2 Å². The minimum absolute atomic E-state index is 0.0189. The maximum atomic E-state index is 14.1. The molecule has 3 heterocycles. The third-order valence-corrected chi connectivity index (χ3v) is 6.26. The zero-order chi connectivity index (χ0) is 22.8. The number of H-pyrrole nitrogens is 1. The summed E-state index contributed by atoms with van der Waals surface area (Å²) in [6, 6.07) is 2.95. The number of anilines is 1. The Kier molecular flexibility index (Phi) is 6.58. The summed E-state index contributed by atoms with van der Waals surface area (Å²) in [5, 5.41) is 11.0. The van der Waals surface area contributed by atoms with Gasteiger partial charge in [0.25, 0.3) is 5.91 Å². The molecule has 0 saturated carbocycles. The van der Waals surface area contributed by atoms with Gasteiger partial charge in [0.05, 0.1) is 35.3 Å². The van der Waals surface area contributed by atoms with Gasteiger partial charge < -0.3 is 15.8 Å². The molecule has 0 spiro atoms. The van der Waals surface area contributed by atoms with Crippen molar-refractivity contribution in [3.05, 3.63) is 52.8 Å². The molecule has 1 aliphatic heterocycles. The summed E-state index contributed by atoms with van der Waals surface area (Å²) in [4.78, 5) is 16.8. The second kappa shape index (κ2) is 9.39. The van der Waals surface area contributed by atoms with Crippen molar-refractivity contribution in [2.75, 3.05) is 5.32 Å². The number of benzene rings is 1. The fraction of sp³-hybridized carbons (Fsp3) is 0.381. The van der Waals surface area contributed by atoms with E-state index < -0.39 is 35.9 Å². The largest absolute Gasteiger partial charge is 0.372 e. The van der Waals surface area contributed by atoms with Crippen molar-refractivity contribution >= 4 is 22.9 Å². The SMILES string of the molecule is C[C@@H]1O[C@H](Cc2[nH]ncc2NC(=O)c2csc(-c3c(F)cccc3F)n2)CC[C@@H](N)[C@@H]1F. The number of nitrogens with zero attached hydrogens (tertiary/aromatic N) is 2. The van der Waals surface area contributed by atoms with Crippen molar-refractivity contribution in [3.8, 4) is 10.6 Å². The van der Waals surface area contributed by atoms with E-state index in [9.17, 15) is 18.0 Å². The van der Waals surface area contributed by atoms with E-state index >= 15 is 0 Å². The molecule has 4 atom stereocenters. The first kappa shape index (κ1) is 22.4. The van der Waals surface area contributed by atoms with Crippen LogP contribution in [0.1, 0.15) is 35.9 Å². The molecule has 1 amide bonds. The number of carbonyl (C=O) groups is 1. The fourth-order valence-electron chi connectivity index (χ4n) is 3.67. The van der Waals surface area contributed by atoms with Crippen molar-refractivity contribution in [3.63, 3.8) is 0 Å². The van der Waals surface area contributed by atoms with Crippen LogP contribution in [0.4, 0.5) is 18.9 Å². The molecular weight excluding hydrogens is 443 g/mol. The predicted molar refractivity (Wildman–Crippen MR) is 114 cm³/mol. The van der Waals surface area contributed by atoms with Gasteiger partial charge in [0, 0.05) is 17.8 Å². The monoisotopic (exact) mass is 465 g/mol. The molecule has 32 heavy (non-hydrogen) atoms. The first-order chi connectivity index (χ1) is 15.3. The second-order valence-corrected chi connectivity index (χ2v) is 8.56. The smallest absolute Gasteiger partial charge is 0.275 e. The number of nitrogens with two attached hydrogens (primary N) is 1. The quantitative estimate of drug-likeness (QED) is 0.531. The van der Waals surface area contributed by atoms with Gasteiger partial charge in [-0.2, -0.15) is 5.10 Å². The van der Waals surface area contributed by atoms with E-state index in [0.717, 1.165) is 23.5 Å². The van der Waals surface area contributed by atoms with Gasteiger partial charge in [-0.15, -0.1) is 11.3 Å². The summed E-state index contributed by atoms with van der Waals surface area (Å²) in [6.45, 7) is 1.65. The number of hydrogen-bond donors (Lipinski definition) is 3. The molecule has 11 heteroatoms. The summed E-state index contributed by atoms with van der Waals surface area (Å²) in [5.74, 6) is -2.06. The summed E-state index contributed by atoms with van der Waals surface area (Å²) in [5.41, 5.74) is 6.62. The first-order valence-corrected chi connectivity index (χ1v) is 11.0. The lowest BCUT2D eigenvalue weighted by atomic mass is 10.0. The van der Waals surface area contributed by atoms with Gasteiger partial charge in [-0.3, -0.25) is 9.89 Å². The lowest BCUT2D eigenvalue weighted by Gasteiger charge is -2.21. The fourth-order valence-corrected chi connectivity index (χ4v) is 4.51. The highest BCUT2D eigenvalue weighted by Crippen LogP contribution is 2.29. The summed E-state index contributed by atoms with van der Waals surface area (Å²) >= 11 is 0.965. The molecule has 4 rings (SSSR count). The number of aromatic nitrogens is 3. The van der Waals surface area contributed by atoms with Crippen molar-refractivity contribution < 1.29 is 22.7 Å². The maximum Gasteiger partial charge on any atom is 0.275 e. The molecule has 4 N–H and O–H groups in total. The molecule has 0 bridgehead atoms. The molecule has 3 aromatic rings. The highest BCUT2D eigenvalue weighted by molar-refractivity contribution is 7.13. The van der Waals surface area contributed by atoms with E-state index in [1.807, 2.05) is 0 Å². The number of amides is 1. The summed E-state index contributed by atoms with van der Waals surface area (Å²) in [6.07, 6.45) is 0.721. The van der Waals surface area contributed by atoms with Crippen LogP contribution in [0.2, 0.25) is 0 Å². The molecule has 1 aromatic carbocycles. The van der Waals surface area contributed by atoms with Crippen LogP contribution in [0.25, 0.3) is 10.6 Å². The Morgan fingerprint density at radius 1 is 1.34 bits per heavy atom. The Hall–Kier alpha value is -2.76. The number of halogens is 3. The Labute approximate surface area is 186 Å². The van der Waals surface area contributed by atoms with Crippen LogP contribution in [-0.2, 0) is 11.2 Å². The molecular formula is C21H22F3N5O2S. The number of alkyl halides is 1. The summed E-state index contributed by atoms with van der Waals surface area (Å²) < 4.78 is 47.9. The molecule has 1 aliphatic rings. The van der Waals surface area contributed by atoms with Gasteiger partial charge >= 0.3 is 0 Å². The molecule has 2 aromatic heterocycles. The Morgan fingerprint density at radius 3 is 2.84 bits per heavy atom. The van der Waals surface area contributed by atoms with Crippen LogP contribution in [-0.4, -0.2) is 45.5 Å². The summed E-state index contributed by atoms with van der Waals surface area (Å²) in [7, 11) is 0. The average Bonchev–Trinajstić information content (AvgIpc) is 3.38. The number of hydrogen-bond acceptors (Lipinski definition) is 6. The van der Waals surface area contributed by atoms with E-state index in [1.54, 1.807) is 6.92 Å². The number of nitrogens with one attached hydrogen (secondary N) is 2. The van der Waals surface area contributed by atoms with Gasteiger partial charge in [0.15, 0.2) is 0 Å². The van der Waals surface area contributed by atoms with Crippen LogP contribution >= 0.6 is 11.3 Å². The molecule has 0 unspecified atom stereocenters.